The van der Waals surface area contributed by atoms with Crippen LogP contribution in [0.25, 0.3) is 21.8 Å². The summed E-state index contributed by atoms with van der Waals surface area (Å²) in [5.41, 5.74) is 3.96. The largest absolute Gasteiger partial charge is 0.322 e. The molecule has 4 rings (SSSR count). The second-order valence-corrected chi connectivity index (χ2v) is 7.05. The third kappa shape index (κ3) is 3.89. The lowest BCUT2D eigenvalue weighted by Crippen LogP contribution is -2.12. The van der Waals surface area contributed by atoms with Crippen LogP contribution in [0.2, 0.25) is 5.02 Å². The van der Waals surface area contributed by atoms with Gasteiger partial charge in [-0.25, -0.2) is 4.98 Å². The Labute approximate surface area is 165 Å². The molecule has 0 unspecified atom stereocenters. The fraction of sp³-hybridized carbons (Fsp3) is 0. The number of halogens is 1. The van der Waals surface area contributed by atoms with Crippen LogP contribution in [0, 0.1) is 0 Å². The van der Waals surface area contributed by atoms with Crippen molar-refractivity contribution in [2.24, 2.45) is 0 Å². The molecule has 2 aromatic carbocycles. The van der Waals surface area contributed by atoms with Gasteiger partial charge in [-0.15, -0.1) is 11.3 Å². The lowest BCUT2D eigenvalue weighted by Gasteiger charge is -2.08. The van der Waals surface area contributed by atoms with Gasteiger partial charge in [0.15, 0.2) is 0 Å². The van der Waals surface area contributed by atoms with Crippen LogP contribution in [0.3, 0.4) is 0 Å². The van der Waals surface area contributed by atoms with Crippen LogP contribution < -0.4 is 5.32 Å². The SMILES string of the molecule is O=C(Nc1cccc(-c2csc(-c3ccncc3)n2)c1)c1ccccc1Cl. The number of carbonyl (C=O) groups is 1. The monoisotopic (exact) mass is 391 g/mol. The highest BCUT2D eigenvalue weighted by atomic mass is 35.5. The van der Waals surface area contributed by atoms with Gasteiger partial charge in [0.2, 0.25) is 0 Å². The molecule has 1 N–H and O–H groups in total. The number of nitrogens with one attached hydrogen (secondary N) is 1. The van der Waals surface area contributed by atoms with Crippen molar-refractivity contribution in [3.63, 3.8) is 0 Å². The van der Waals surface area contributed by atoms with Crippen molar-refractivity contribution in [1.82, 2.24) is 9.97 Å². The predicted molar refractivity (Wildman–Crippen MR) is 110 cm³/mol. The number of hydrogen-bond donors (Lipinski definition) is 1. The topological polar surface area (TPSA) is 54.9 Å². The molecule has 132 valence electrons. The molecule has 0 bridgehead atoms. The van der Waals surface area contributed by atoms with Crippen LogP contribution >= 0.6 is 22.9 Å². The Kier molecular flexibility index (Phi) is 4.96. The summed E-state index contributed by atoms with van der Waals surface area (Å²) in [6, 6.07) is 18.4. The zero-order valence-electron chi connectivity index (χ0n) is 14.1. The highest BCUT2D eigenvalue weighted by molar-refractivity contribution is 7.13. The Morgan fingerprint density at radius 3 is 2.59 bits per heavy atom. The van der Waals surface area contributed by atoms with Gasteiger partial charge in [-0.1, -0.05) is 35.9 Å². The van der Waals surface area contributed by atoms with Gasteiger partial charge in [0.05, 0.1) is 16.3 Å². The van der Waals surface area contributed by atoms with Crippen LogP contribution in [0.4, 0.5) is 5.69 Å². The second-order valence-electron chi connectivity index (χ2n) is 5.79. The third-order valence-electron chi connectivity index (χ3n) is 3.97. The molecule has 4 nitrogen and oxygen atoms in total. The number of anilines is 1. The maximum atomic E-state index is 12.5. The van der Waals surface area contributed by atoms with Crippen molar-refractivity contribution in [2.45, 2.75) is 0 Å². The molecule has 0 atom stereocenters. The van der Waals surface area contributed by atoms with Crippen molar-refractivity contribution in [3.05, 3.63) is 89.0 Å². The first-order chi connectivity index (χ1) is 13.2. The highest BCUT2D eigenvalue weighted by Crippen LogP contribution is 2.29. The van der Waals surface area contributed by atoms with E-state index in [1.165, 1.54) is 0 Å². The standard InChI is InChI=1S/C21H14ClN3OS/c22-18-7-2-1-6-17(18)20(26)24-16-5-3-4-15(12-16)19-13-27-21(25-19)14-8-10-23-11-9-14/h1-13H,(H,24,26). The zero-order valence-corrected chi connectivity index (χ0v) is 15.7. The molecule has 0 spiro atoms. The number of rotatable bonds is 4. The Bertz CT molecular complexity index is 1100. The van der Waals surface area contributed by atoms with Crippen molar-refractivity contribution in [2.75, 3.05) is 5.32 Å². The van der Waals surface area contributed by atoms with Crippen LogP contribution in [-0.2, 0) is 0 Å². The normalized spacial score (nSPS) is 10.6. The molecule has 0 aliphatic carbocycles. The van der Waals surface area contributed by atoms with Crippen LogP contribution in [-0.4, -0.2) is 15.9 Å². The van der Waals surface area contributed by atoms with E-state index in [1.54, 1.807) is 48.0 Å². The van der Waals surface area contributed by atoms with Crippen molar-refractivity contribution < 1.29 is 4.79 Å². The molecule has 2 aromatic heterocycles. The van der Waals surface area contributed by atoms with E-state index < -0.39 is 0 Å². The molecule has 4 aromatic rings. The molecule has 0 aliphatic heterocycles. The van der Waals surface area contributed by atoms with Gasteiger partial charge in [-0.05, 0) is 36.4 Å². The molecule has 0 saturated carbocycles. The highest BCUT2D eigenvalue weighted by Gasteiger charge is 2.11. The molecule has 1 amide bonds. The number of hydrogen-bond acceptors (Lipinski definition) is 4. The second kappa shape index (κ2) is 7.70. The number of thiazole rings is 1. The van der Waals surface area contributed by atoms with E-state index in [9.17, 15) is 4.79 Å². The van der Waals surface area contributed by atoms with Crippen molar-refractivity contribution >= 4 is 34.5 Å². The van der Waals surface area contributed by atoms with E-state index in [1.807, 2.05) is 41.8 Å². The average molecular weight is 392 g/mol. The Morgan fingerprint density at radius 1 is 0.963 bits per heavy atom. The summed E-state index contributed by atoms with van der Waals surface area (Å²) in [4.78, 5) is 21.2. The average Bonchev–Trinajstić information content (AvgIpc) is 3.19. The third-order valence-corrected chi connectivity index (χ3v) is 5.19. The van der Waals surface area contributed by atoms with E-state index in [4.69, 9.17) is 16.6 Å². The van der Waals surface area contributed by atoms with E-state index in [-0.39, 0.29) is 5.91 Å². The van der Waals surface area contributed by atoms with Crippen LogP contribution in [0.5, 0.6) is 0 Å². The van der Waals surface area contributed by atoms with Gasteiger partial charge >= 0.3 is 0 Å². The summed E-state index contributed by atoms with van der Waals surface area (Å²) >= 11 is 7.67. The van der Waals surface area contributed by atoms with Crippen LogP contribution in [0.1, 0.15) is 10.4 Å². The number of nitrogens with zero attached hydrogens (tertiary/aromatic N) is 2. The first-order valence-corrected chi connectivity index (χ1v) is 9.49. The number of aromatic nitrogens is 2. The zero-order chi connectivity index (χ0) is 18.6. The number of pyridine rings is 1. The van der Waals surface area contributed by atoms with Gasteiger partial charge in [0.1, 0.15) is 5.01 Å². The lowest BCUT2D eigenvalue weighted by molar-refractivity contribution is 0.102. The molecule has 2 heterocycles. The molecule has 0 aliphatic rings. The summed E-state index contributed by atoms with van der Waals surface area (Å²) in [7, 11) is 0. The first-order valence-electron chi connectivity index (χ1n) is 8.23. The number of carbonyl (C=O) groups excluding carboxylic acids is 1. The van der Waals surface area contributed by atoms with Crippen LogP contribution in [0.15, 0.2) is 78.4 Å². The maximum absolute atomic E-state index is 12.5. The smallest absolute Gasteiger partial charge is 0.257 e. The van der Waals surface area contributed by atoms with Gasteiger partial charge in [-0.2, -0.15) is 0 Å². The molecular formula is C21H14ClN3OS. The number of benzene rings is 2. The predicted octanol–water partition coefficient (Wildman–Crippen LogP) is 5.78. The molecule has 27 heavy (non-hydrogen) atoms. The Morgan fingerprint density at radius 2 is 1.78 bits per heavy atom. The van der Waals surface area contributed by atoms with E-state index in [0.717, 1.165) is 21.8 Å². The van der Waals surface area contributed by atoms with E-state index in [0.29, 0.717) is 16.3 Å². The first kappa shape index (κ1) is 17.4. The molecule has 0 saturated heterocycles. The van der Waals surface area contributed by atoms with E-state index in [2.05, 4.69) is 10.3 Å². The van der Waals surface area contributed by atoms with E-state index >= 15 is 0 Å². The summed E-state index contributed by atoms with van der Waals surface area (Å²) < 4.78 is 0. The number of amides is 1. The quantitative estimate of drug-likeness (QED) is 0.480. The Hall–Kier alpha value is -3.02. The fourth-order valence-electron chi connectivity index (χ4n) is 2.63. The molecule has 0 fully saturated rings. The summed E-state index contributed by atoms with van der Waals surface area (Å²) in [6.07, 6.45) is 3.50. The minimum Gasteiger partial charge on any atom is -0.322 e. The molecular weight excluding hydrogens is 378 g/mol. The minimum absolute atomic E-state index is 0.242. The van der Waals surface area contributed by atoms with Crippen molar-refractivity contribution in [3.8, 4) is 21.8 Å². The minimum atomic E-state index is -0.242. The van der Waals surface area contributed by atoms with Gasteiger partial charge < -0.3 is 5.32 Å². The summed E-state index contributed by atoms with van der Waals surface area (Å²) in [5.74, 6) is -0.242. The summed E-state index contributed by atoms with van der Waals surface area (Å²) in [5, 5.41) is 6.25. The maximum Gasteiger partial charge on any atom is 0.257 e. The molecule has 6 heteroatoms. The van der Waals surface area contributed by atoms with Gasteiger partial charge in [-0.3, -0.25) is 9.78 Å². The van der Waals surface area contributed by atoms with Crippen molar-refractivity contribution in [1.29, 1.82) is 0 Å². The molecule has 0 radical (unpaired) electrons. The van der Waals surface area contributed by atoms with Gasteiger partial charge in [0, 0.05) is 34.6 Å². The Balaban J connectivity index is 1.57. The van der Waals surface area contributed by atoms with Gasteiger partial charge in [0.25, 0.3) is 5.91 Å². The summed E-state index contributed by atoms with van der Waals surface area (Å²) in [6.45, 7) is 0. The lowest BCUT2D eigenvalue weighted by atomic mass is 10.1. The fourth-order valence-corrected chi connectivity index (χ4v) is 3.69.